The SMILES string of the molecule is COc1ccccc1-c1cc(C(=O)NCc2ccccc2)nn2cnnc12. The van der Waals surface area contributed by atoms with Crippen molar-refractivity contribution in [3.05, 3.63) is 78.2 Å². The normalized spacial score (nSPS) is 10.7. The number of nitrogens with one attached hydrogen (secondary N) is 1. The first-order chi connectivity index (χ1) is 13.3. The van der Waals surface area contributed by atoms with Crippen molar-refractivity contribution >= 4 is 11.6 Å². The molecule has 0 fully saturated rings. The summed E-state index contributed by atoms with van der Waals surface area (Å²) in [7, 11) is 1.61. The molecule has 4 aromatic rings. The van der Waals surface area contributed by atoms with Crippen molar-refractivity contribution in [1.82, 2.24) is 25.1 Å². The van der Waals surface area contributed by atoms with Crippen molar-refractivity contribution in [2.24, 2.45) is 0 Å². The molecule has 2 heterocycles. The number of fused-ring (bicyclic) bond motifs is 1. The summed E-state index contributed by atoms with van der Waals surface area (Å²) in [5.41, 5.74) is 3.39. The highest BCUT2D eigenvalue weighted by molar-refractivity contribution is 5.95. The summed E-state index contributed by atoms with van der Waals surface area (Å²) in [5, 5.41) is 15.3. The lowest BCUT2D eigenvalue weighted by Crippen LogP contribution is -2.24. The summed E-state index contributed by atoms with van der Waals surface area (Å²) in [6, 6.07) is 19.0. The van der Waals surface area contributed by atoms with Crippen LogP contribution in [0.1, 0.15) is 16.1 Å². The molecule has 0 radical (unpaired) electrons. The van der Waals surface area contributed by atoms with Crippen LogP contribution in [-0.4, -0.2) is 32.8 Å². The second-order valence-electron chi connectivity index (χ2n) is 5.91. The average molecular weight is 359 g/mol. The fraction of sp³-hybridized carbons (Fsp3) is 0.100. The lowest BCUT2D eigenvalue weighted by molar-refractivity contribution is 0.0944. The number of carbonyl (C=O) groups excluding carboxylic acids is 1. The van der Waals surface area contributed by atoms with Crippen LogP contribution in [0.4, 0.5) is 0 Å². The molecule has 1 amide bonds. The van der Waals surface area contributed by atoms with Gasteiger partial charge in [0.25, 0.3) is 5.91 Å². The highest BCUT2D eigenvalue weighted by atomic mass is 16.5. The van der Waals surface area contributed by atoms with E-state index in [1.807, 2.05) is 54.6 Å². The lowest BCUT2D eigenvalue weighted by atomic mass is 10.1. The van der Waals surface area contributed by atoms with Crippen molar-refractivity contribution in [1.29, 1.82) is 0 Å². The minimum Gasteiger partial charge on any atom is -0.496 e. The molecule has 0 saturated carbocycles. The highest BCUT2D eigenvalue weighted by Gasteiger charge is 2.17. The van der Waals surface area contributed by atoms with Crippen LogP contribution in [0.15, 0.2) is 67.0 Å². The van der Waals surface area contributed by atoms with Gasteiger partial charge < -0.3 is 10.1 Å². The third-order valence-corrected chi connectivity index (χ3v) is 4.19. The third-order valence-electron chi connectivity index (χ3n) is 4.19. The summed E-state index contributed by atoms with van der Waals surface area (Å²) < 4.78 is 6.95. The number of methoxy groups -OCH3 is 1. The maximum absolute atomic E-state index is 12.7. The van der Waals surface area contributed by atoms with E-state index in [2.05, 4.69) is 20.6 Å². The zero-order chi connectivity index (χ0) is 18.6. The van der Waals surface area contributed by atoms with Gasteiger partial charge in [-0.15, -0.1) is 10.2 Å². The Labute approximate surface area is 155 Å². The quantitative estimate of drug-likeness (QED) is 0.592. The van der Waals surface area contributed by atoms with Crippen LogP contribution in [0, 0.1) is 0 Å². The molecule has 4 rings (SSSR count). The van der Waals surface area contributed by atoms with Crippen LogP contribution in [0.3, 0.4) is 0 Å². The summed E-state index contributed by atoms with van der Waals surface area (Å²) in [6.45, 7) is 0.422. The Morgan fingerprint density at radius 3 is 2.67 bits per heavy atom. The Balaban J connectivity index is 1.71. The first-order valence-corrected chi connectivity index (χ1v) is 8.43. The van der Waals surface area contributed by atoms with E-state index in [0.29, 0.717) is 17.9 Å². The fourth-order valence-corrected chi connectivity index (χ4v) is 2.87. The van der Waals surface area contributed by atoms with Gasteiger partial charge in [-0.25, -0.2) is 0 Å². The van der Waals surface area contributed by atoms with E-state index in [1.54, 1.807) is 13.2 Å². The predicted octanol–water partition coefficient (Wildman–Crippen LogP) is 2.73. The van der Waals surface area contributed by atoms with Crippen LogP contribution in [0.5, 0.6) is 5.75 Å². The van der Waals surface area contributed by atoms with Gasteiger partial charge in [0, 0.05) is 17.7 Å². The van der Waals surface area contributed by atoms with Crippen LogP contribution < -0.4 is 10.1 Å². The molecular formula is C20H17N5O2. The van der Waals surface area contributed by atoms with Crippen molar-refractivity contribution in [2.45, 2.75) is 6.54 Å². The molecule has 0 bridgehead atoms. The molecule has 0 aliphatic carbocycles. The van der Waals surface area contributed by atoms with E-state index in [0.717, 1.165) is 16.7 Å². The lowest BCUT2D eigenvalue weighted by Gasteiger charge is -2.11. The van der Waals surface area contributed by atoms with Crippen molar-refractivity contribution < 1.29 is 9.53 Å². The number of para-hydroxylation sites is 1. The molecule has 0 aliphatic heterocycles. The van der Waals surface area contributed by atoms with Crippen LogP contribution in [-0.2, 0) is 6.54 Å². The van der Waals surface area contributed by atoms with E-state index in [9.17, 15) is 4.79 Å². The van der Waals surface area contributed by atoms with Gasteiger partial charge in [-0.3, -0.25) is 4.79 Å². The number of carbonyl (C=O) groups is 1. The summed E-state index contributed by atoms with van der Waals surface area (Å²) in [4.78, 5) is 12.7. The summed E-state index contributed by atoms with van der Waals surface area (Å²) in [6.07, 6.45) is 1.47. The largest absolute Gasteiger partial charge is 0.496 e. The van der Waals surface area contributed by atoms with E-state index in [-0.39, 0.29) is 11.6 Å². The maximum atomic E-state index is 12.7. The van der Waals surface area contributed by atoms with Crippen molar-refractivity contribution in [2.75, 3.05) is 7.11 Å². The van der Waals surface area contributed by atoms with Crippen molar-refractivity contribution in [3.8, 4) is 16.9 Å². The number of benzene rings is 2. The molecule has 7 nitrogen and oxygen atoms in total. The van der Waals surface area contributed by atoms with E-state index < -0.39 is 0 Å². The topological polar surface area (TPSA) is 81.4 Å². The number of ether oxygens (including phenoxy) is 1. The Hall–Kier alpha value is -3.74. The highest BCUT2D eigenvalue weighted by Crippen LogP contribution is 2.32. The third kappa shape index (κ3) is 3.35. The number of rotatable bonds is 5. The van der Waals surface area contributed by atoms with Gasteiger partial charge >= 0.3 is 0 Å². The number of aromatic nitrogens is 4. The Kier molecular flexibility index (Phi) is 4.49. The van der Waals surface area contributed by atoms with E-state index >= 15 is 0 Å². The number of nitrogens with zero attached hydrogens (tertiary/aromatic N) is 4. The van der Waals surface area contributed by atoms with Gasteiger partial charge in [0.15, 0.2) is 5.65 Å². The summed E-state index contributed by atoms with van der Waals surface area (Å²) in [5.74, 6) is 0.412. The van der Waals surface area contributed by atoms with Crippen LogP contribution >= 0.6 is 0 Å². The number of hydrogen-bond acceptors (Lipinski definition) is 5. The van der Waals surface area contributed by atoms with Crippen LogP contribution in [0.2, 0.25) is 0 Å². The fourth-order valence-electron chi connectivity index (χ4n) is 2.87. The molecule has 2 aromatic carbocycles. The van der Waals surface area contributed by atoms with Gasteiger partial charge in [-0.1, -0.05) is 48.5 Å². The first-order valence-electron chi connectivity index (χ1n) is 8.43. The molecule has 7 heteroatoms. The zero-order valence-corrected chi connectivity index (χ0v) is 14.7. The van der Waals surface area contributed by atoms with Gasteiger partial charge in [-0.2, -0.15) is 9.61 Å². The van der Waals surface area contributed by atoms with E-state index in [4.69, 9.17) is 4.74 Å². The average Bonchev–Trinajstić information content (AvgIpc) is 3.20. The van der Waals surface area contributed by atoms with Gasteiger partial charge in [0.1, 0.15) is 17.8 Å². The molecule has 0 atom stereocenters. The molecule has 27 heavy (non-hydrogen) atoms. The summed E-state index contributed by atoms with van der Waals surface area (Å²) >= 11 is 0. The minimum absolute atomic E-state index is 0.273. The predicted molar refractivity (Wildman–Crippen MR) is 100 cm³/mol. The number of hydrogen-bond donors (Lipinski definition) is 1. The Morgan fingerprint density at radius 1 is 1.07 bits per heavy atom. The standard InChI is InChI=1S/C20H17N5O2/c1-27-18-10-6-5-9-15(18)16-11-17(24-25-13-22-23-19(16)25)20(26)21-12-14-7-3-2-4-8-14/h2-11,13H,12H2,1H3,(H,21,26). The molecule has 0 aliphatic rings. The molecule has 0 unspecified atom stereocenters. The first kappa shape index (κ1) is 16.7. The van der Waals surface area contributed by atoms with Crippen LogP contribution in [0.25, 0.3) is 16.8 Å². The molecular weight excluding hydrogens is 342 g/mol. The van der Waals surface area contributed by atoms with Gasteiger partial charge in [0.05, 0.1) is 7.11 Å². The minimum atomic E-state index is -0.273. The molecule has 2 aromatic heterocycles. The molecule has 0 spiro atoms. The van der Waals surface area contributed by atoms with Gasteiger partial charge in [-0.05, 0) is 17.7 Å². The Morgan fingerprint density at radius 2 is 1.85 bits per heavy atom. The van der Waals surface area contributed by atoms with E-state index in [1.165, 1.54) is 10.8 Å². The number of amides is 1. The Bertz CT molecular complexity index is 1090. The second-order valence-corrected chi connectivity index (χ2v) is 5.91. The molecule has 0 saturated heterocycles. The van der Waals surface area contributed by atoms with Crippen molar-refractivity contribution in [3.63, 3.8) is 0 Å². The molecule has 134 valence electrons. The smallest absolute Gasteiger partial charge is 0.272 e. The molecule has 1 N–H and O–H groups in total. The second kappa shape index (κ2) is 7.25. The van der Waals surface area contributed by atoms with Gasteiger partial charge in [0.2, 0.25) is 0 Å². The zero-order valence-electron chi connectivity index (χ0n) is 14.7. The maximum Gasteiger partial charge on any atom is 0.272 e. The monoisotopic (exact) mass is 359 g/mol.